The fourth-order valence-electron chi connectivity index (χ4n) is 2.72. The van der Waals surface area contributed by atoms with Gasteiger partial charge < -0.3 is 10.6 Å². The molecule has 0 aliphatic carbocycles. The fraction of sp³-hybridized carbons (Fsp3) is 0.250. The number of carbonyl (C=O) groups excluding carboxylic acids is 2. The van der Waals surface area contributed by atoms with E-state index in [1.807, 2.05) is 54.8 Å². The molecule has 1 unspecified atom stereocenters. The van der Waals surface area contributed by atoms with Gasteiger partial charge in [0, 0.05) is 17.2 Å². The van der Waals surface area contributed by atoms with Gasteiger partial charge in [0.05, 0.1) is 23.0 Å². The molecule has 0 aliphatic heterocycles. The zero-order valence-electron chi connectivity index (χ0n) is 15.2. The van der Waals surface area contributed by atoms with Crippen LogP contribution >= 0.6 is 22.7 Å². The van der Waals surface area contributed by atoms with E-state index in [0.717, 1.165) is 27.4 Å². The molecule has 0 fully saturated rings. The summed E-state index contributed by atoms with van der Waals surface area (Å²) in [7, 11) is 0. The predicted molar refractivity (Wildman–Crippen MR) is 111 cm³/mol. The van der Waals surface area contributed by atoms with Gasteiger partial charge in [0.1, 0.15) is 0 Å². The standard InChI is InChI=1S/C20H21N3O2S2/c1-3-16(14-7-5-4-6-8-14)19(25)23-20-22-17(12-26-20)18-10-9-15(27-18)11-21-13(2)24/h4-10,12,16H,3,11H2,1-2H3,(H,21,24)(H,22,23,25). The maximum Gasteiger partial charge on any atom is 0.233 e. The number of nitrogens with one attached hydrogen (secondary N) is 2. The summed E-state index contributed by atoms with van der Waals surface area (Å²) in [4.78, 5) is 30.3. The lowest BCUT2D eigenvalue weighted by Gasteiger charge is -2.14. The molecular formula is C20H21N3O2S2. The van der Waals surface area contributed by atoms with Crippen molar-refractivity contribution < 1.29 is 9.59 Å². The van der Waals surface area contributed by atoms with Crippen molar-refractivity contribution >= 4 is 39.6 Å². The van der Waals surface area contributed by atoms with E-state index in [4.69, 9.17) is 0 Å². The van der Waals surface area contributed by atoms with Gasteiger partial charge in [0.25, 0.3) is 0 Å². The second-order valence-electron chi connectivity index (χ2n) is 6.07. The molecular weight excluding hydrogens is 378 g/mol. The summed E-state index contributed by atoms with van der Waals surface area (Å²) < 4.78 is 0. The van der Waals surface area contributed by atoms with Crippen molar-refractivity contribution in [2.75, 3.05) is 5.32 Å². The third-order valence-electron chi connectivity index (χ3n) is 4.09. The van der Waals surface area contributed by atoms with Crippen LogP contribution < -0.4 is 10.6 Å². The summed E-state index contributed by atoms with van der Waals surface area (Å²) in [5, 5.41) is 8.27. The van der Waals surface area contributed by atoms with Crippen molar-refractivity contribution in [3.05, 3.63) is 58.3 Å². The lowest BCUT2D eigenvalue weighted by molar-refractivity contribution is -0.119. The van der Waals surface area contributed by atoms with E-state index in [1.165, 1.54) is 18.3 Å². The molecule has 0 radical (unpaired) electrons. The molecule has 2 N–H and O–H groups in total. The van der Waals surface area contributed by atoms with Crippen LogP contribution in [0.1, 0.15) is 36.6 Å². The molecule has 1 atom stereocenters. The van der Waals surface area contributed by atoms with E-state index in [9.17, 15) is 9.59 Å². The van der Waals surface area contributed by atoms with E-state index >= 15 is 0 Å². The highest BCUT2D eigenvalue weighted by Crippen LogP contribution is 2.31. The lowest BCUT2D eigenvalue weighted by atomic mass is 9.96. The Morgan fingerprint density at radius 2 is 1.93 bits per heavy atom. The number of amides is 2. The normalized spacial score (nSPS) is 11.8. The third kappa shape index (κ3) is 5.02. The van der Waals surface area contributed by atoms with E-state index in [-0.39, 0.29) is 17.7 Å². The highest BCUT2D eigenvalue weighted by molar-refractivity contribution is 7.17. The molecule has 5 nitrogen and oxygen atoms in total. The number of nitrogens with zero attached hydrogens (tertiary/aromatic N) is 1. The van der Waals surface area contributed by atoms with Crippen molar-refractivity contribution in [3.63, 3.8) is 0 Å². The largest absolute Gasteiger partial charge is 0.351 e. The summed E-state index contributed by atoms with van der Waals surface area (Å²) in [6, 6.07) is 13.8. The molecule has 0 spiro atoms. The van der Waals surface area contributed by atoms with Crippen LogP contribution in [0.2, 0.25) is 0 Å². The molecule has 0 bridgehead atoms. The molecule has 7 heteroatoms. The Kier molecular flexibility index (Phi) is 6.36. The third-order valence-corrected chi connectivity index (χ3v) is 5.95. The Balaban J connectivity index is 1.67. The number of anilines is 1. The number of hydrogen-bond acceptors (Lipinski definition) is 5. The zero-order chi connectivity index (χ0) is 19.2. The molecule has 0 saturated carbocycles. The van der Waals surface area contributed by atoms with Crippen LogP contribution in [0.25, 0.3) is 10.6 Å². The fourth-order valence-corrected chi connectivity index (χ4v) is 4.41. The van der Waals surface area contributed by atoms with Gasteiger partial charge in [0.15, 0.2) is 5.13 Å². The number of aromatic nitrogens is 1. The average Bonchev–Trinajstić information content (AvgIpc) is 3.31. The van der Waals surface area contributed by atoms with Crippen molar-refractivity contribution in [1.82, 2.24) is 10.3 Å². The number of rotatable bonds is 7. The smallest absolute Gasteiger partial charge is 0.233 e. The van der Waals surface area contributed by atoms with Crippen molar-refractivity contribution in [2.24, 2.45) is 0 Å². The van der Waals surface area contributed by atoms with Gasteiger partial charge >= 0.3 is 0 Å². The summed E-state index contributed by atoms with van der Waals surface area (Å²) >= 11 is 3.00. The first kappa shape index (κ1) is 19.3. The highest BCUT2D eigenvalue weighted by Gasteiger charge is 2.20. The van der Waals surface area contributed by atoms with Crippen molar-refractivity contribution in [1.29, 1.82) is 0 Å². The Labute approximate surface area is 166 Å². The monoisotopic (exact) mass is 399 g/mol. The Morgan fingerprint density at radius 3 is 2.63 bits per heavy atom. The van der Waals surface area contributed by atoms with Crippen LogP contribution in [0.3, 0.4) is 0 Å². The summed E-state index contributed by atoms with van der Waals surface area (Å²) in [5.74, 6) is -0.279. The molecule has 27 heavy (non-hydrogen) atoms. The van der Waals surface area contributed by atoms with Crippen LogP contribution in [0.15, 0.2) is 47.8 Å². The Morgan fingerprint density at radius 1 is 1.15 bits per heavy atom. The van der Waals surface area contributed by atoms with E-state index in [1.54, 1.807) is 11.3 Å². The van der Waals surface area contributed by atoms with Crippen LogP contribution in [-0.2, 0) is 16.1 Å². The van der Waals surface area contributed by atoms with Gasteiger partial charge in [-0.15, -0.1) is 22.7 Å². The average molecular weight is 400 g/mol. The van der Waals surface area contributed by atoms with Crippen LogP contribution in [0.4, 0.5) is 5.13 Å². The first-order valence-corrected chi connectivity index (χ1v) is 10.4. The van der Waals surface area contributed by atoms with Gasteiger partial charge in [-0.3, -0.25) is 9.59 Å². The summed E-state index contributed by atoms with van der Waals surface area (Å²) in [5.41, 5.74) is 1.84. The number of thiophene rings is 1. The van der Waals surface area contributed by atoms with Crippen molar-refractivity contribution in [2.45, 2.75) is 32.7 Å². The molecule has 2 amide bonds. The van der Waals surface area contributed by atoms with Crippen molar-refractivity contribution in [3.8, 4) is 10.6 Å². The lowest BCUT2D eigenvalue weighted by Crippen LogP contribution is -2.20. The van der Waals surface area contributed by atoms with Gasteiger partial charge in [-0.1, -0.05) is 37.3 Å². The van der Waals surface area contributed by atoms with Crippen LogP contribution in [-0.4, -0.2) is 16.8 Å². The quantitative estimate of drug-likeness (QED) is 0.608. The summed E-state index contributed by atoms with van der Waals surface area (Å²) in [6.45, 7) is 4.03. The van der Waals surface area contributed by atoms with Crippen LogP contribution in [0, 0.1) is 0 Å². The molecule has 1 aromatic carbocycles. The number of carbonyl (C=O) groups is 2. The Hall–Kier alpha value is -2.51. The number of thiazole rings is 1. The number of hydrogen-bond donors (Lipinski definition) is 2. The van der Waals surface area contributed by atoms with Crippen LogP contribution in [0.5, 0.6) is 0 Å². The molecule has 140 valence electrons. The zero-order valence-corrected chi connectivity index (χ0v) is 16.8. The first-order valence-electron chi connectivity index (χ1n) is 8.71. The molecule has 2 aromatic heterocycles. The molecule has 2 heterocycles. The maximum atomic E-state index is 12.7. The second kappa shape index (κ2) is 8.92. The molecule has 3 rings (SSSR count). The Bertz CT molecular complexity index is 918. The minimum Gasteiger partial charge on any atom is -0.351 e. The predicted octanol–water partition coefficient (Wildman–Crippen LogP) is 4.64. The van der Waals surface area contributed by atoms with E-state index in [0.29, 0.717) is 11.7 Å². The maximum absolute atomic E-state index is 12.7. The molecule has 0 saturated heterocycles. The summed E-state index contributed by atoms with van der Waals surface area (Å²) in [6.07, 6.45) is 0.728. The van der Waals surface area contributed by atoms with Gasteiger partial charge in [-0.2, -0.15) is 0 Å². The van der Waals surface area contributed by atoms with Gasteiger partial charge in [-0.25, -0.2) is 4.98 Å². The molecule has 3 aromatic rings. The topological polar surface area (TPSA) is 71.1 Å². The minimum absolute atomic E-state index is 0.0397. The molecule has 0 aliphatic rings. The van der Waals surface area contributed by atoms with E-state index in [2.05, 4.69) is 15.6 Å². The first-order chi connectivity index (χ1) is 13.1. The second-order valence-corrected chi connectivity index (χ2v) is 8.10. The number of benzene rings is 1. The van der Waals surface area contributed by atoms with Gasteiger partial charge in [0.2, 0.25) is 11.8 Å². The van der Waals surface area contributed by atoms with E-state index < -0.39 is 0 Å². The SMILES string of the molecule is CCC(C(=O)Nc1nc(-c2ccc(CNC(C)=O)s2)cs1)c1ccccc1. The van der Waals surface area contributed by atoms with Gasteiger partial charge in [-0.05, 0) is 24.1 Å². The minimum atomic E-state index is -0.190. The highest BCUT2D eigenvalue weighted by atomic mass is 32.1.